The zero-order chi connectivity index (χ0) is 26.4. The maximum absolute atomic E-state index is 13.4. The molecule has 1 aromatic heterocycles. The normalized spacial score (nSPS) is 18.1. The largest absolute Gasteiger partial charge is 0.497 e. The number of nitrogens with zero attached hydrogens (tertiary/aromatic N) is 2. The topological polar surface area (TPSA) is 79.7 Å². The Hall–Kier alpha value is -3.04. The van der Waals surface area contributed by atoms with Crippen LogP contribution in [0.1, 0.15) is 36.0 Å². The van der Waals surface area contributed by atoms with E-state index in [-0.39, 0.29) is 24.0 Å². The van der Waals surface area contributed by atoms with E-state index >= 15 is 0 Å². The molecule has 1 fully saturated rings. The van der Waals surface area contributed by atoms with Gasteiger partial charge in [-0.2, -0.15) is 0 Å². The SMILES string of the molecule is COc1ccc2nccc(C(=O)CCC3CCN(CCSc4cc(F)cc(F)c4)CC3CC(=O)O)c2c1. The fraction of sp³-hybridized carbons (Fsp3) is 0.393. The van der Waals surface area contributed by atoms with Crippen molar-refractivity contribution in [3.63, 3.8) is 0 Å². The molecule has 0 bridgehead atoms. The third-order valence-corrected chi connectivity index (χ3v) is 7.87. The van der Waals surface area contributed by atoms with Crippen LogP contribution in [0.15, 0.2) is 53.6 Å². The second kappa shape index (κ2) is 12.5. The maximum atomic E-state index is 13.4. The summed E-state index contributed by atoms with van der Waals surface area (Å²) >= 11 is 1.38. The number of thioether (sulfide) groups is 1. The molecule has 0 saturated carbocycles. The number of carboxylic acids is 1. The van der Waals surface area contributed by atoms with Crippen molar-refractivity contribution in [2.24, 2.45) is 11.8 Å². The number of hydrogen-bond donors (Lipinski definition) is 1. The molecule has 0 aliphatic carbocycles. The first-order valence-electron chi connectivity index (χ1n) is 12.3. The van der Waals surface area contributed by atoms with Crippen molar-refractivity contribution in [3.05, 3.63) is 65.9 Å². The van der Waals surface area contributed by atoms with Crippen LogP contribution >= 0.6 is 11.8 Å². The van der Waals surface area contributed by atoms with E-state index in [4.69, 9.17) is 4.74 Å². The van der Waals surface area contributed by atoms with E-state index in [1.807, 2.05) is 18.2 Å². The Morgan fingerprint density at radius 1 is 1.14 bits per heavy atom. The number of halogens is 2. The monoisotopic (exact) mass is 528 g/mol. The Morgan fingerprint density at radius 2 is 1.92 bits per heavy atom. The molecule has 1 aliphatic heterocycles. The van der Waals surface area contributed by atoms with Gasteiger partial charge in [0, 0.05) is 59.8 Å². The molecule has 3 aromatic rings. The average Bonchev–Trinajstić information content (AvgIpc) is 2.86. The summed E-state index contributed by atoms with van der Waals surface area (Å²) in [7, 11) is 1.58. The molecule has 2 heterocycles. The van der Waals surface area contributed by atoms with Gasteiger partial charge in [0.05, 0.1) is 12.6 Å². The summed E-state index contributed by atoms with van der Waals surface area (Å²) in [6.45, 7) is 2.11. The molecule has 1 aliphatic rings. The average molecular weight is 529 g/mol. The van der Waals surface area contributed by atoms with E-state index in [1.165, 1.54) is 23.9 Å². The van der Waals surface area contributed by atoms with Crippen LogP contribution in [0, 0.1) is 23.5 Å². The lowest BCUT2D eigenvalue weighted by Crippen LogP contribution is -2.42. The Kier molecular flexibility index (Phi) is 9.10. The molecule has 37 heavy (non-hydrogen) atoms. The number of rotatable bonds is 11. The van der Waals surface area contributed by atoms with Crippen LogP contribution in [0.3, 0.4) is 0 Å². The minimum Gasteiger partial charge on any atom is -0.497 e. The Labute approximate surface area is 219 Å². The van der Waals surface area contributed by atoms with E-state index in [9.17, 15) is 23.5 Å². The molecule has 1 saturated heterocycles. The zero-order valence-electron chi connectivity index (χ0n) is 20.7. The van der Waals surface area contributed by atoms with Gasteiger partial charge in [-0.1, -0.05) is 0 Å². The second-order valence-electron chi connectivity index (χ2n) is 9.36. The lowest BCUT2D eigenvalue weighted by Gasteiger charge is -2.38. The van der Waals surface area contributed by atoms with Crippen LogP contribution < -0.4 is 4.74 Å². The summed E-state index contributed by atoms with van der Waals surface area (Å²) in [6, 6.07) is 10.7. The molecule has 0 radical (unpaired) electrons. The molecule has 0 spiro atoms. The van der Waals surface area contributed by atoms with E-state index in [1.54, 1.807) is 19.4 Å². The van der Waals surface area contributed by atoms with Gasteiger partial charge in [-0.15, -0.1) is 11.8 Å². The highest BCUT2D eigenvalue weighted by Crippen LogP contribution is 2.32. The number of fused-ring (bicyclic) bond motifs is 1. The van der Waals surface area contributed by atoms with Crippen molar-refractivity contribution in [3.8, 4) is 5.75 Å². The molecular formula is C28H30F2N2O4S. The number of aromatic nitrogens is 1. The number of ketones is 1. The molecule has 0 amide bonds. The molecule has 1 N–H and O–H groups in total. The van der Waals surface area contributed by atoms with Gasteiger partial charge in [0.15, 0.2) is 5.78 Å². The predicted octanol–water partition coefficient (Wildman–Crippen LogP) is 5.69. The van der Waals surface area contributed by atoms with E-state index in [2.05, 4.69) is 9.88 Å². The minimum absolute atomic E-state index is 0.0101. The first-order chi connectivity index (χ1) is 17.8. The van der Waals surface area contributed by atoms with Gasteiger partial charge in [0.1, 0.15) is 17.4 Å². The molecule has 4 rings (SSSR count). The standard InChI is InChI=1S/C28H30F2N2O4S/c1-36-22-3-4-26-25(16-22)24(6-8-31-26)27(33)5-2-18-7-9-32(17-19(18)12-28(34)35)10-11-37-23-14-20(29)13-21(30)15-23/h3-4,6,8,13-16,18-19H,2,5,7,9-12,17H2,1H3,(H,34,35). The van der Waals surface area contributed by atoms with E-state index < -0.39 is 17.6 Å². The van der Waals surface area contributed by atoms with Gasteiger partial charge in [-0.05, 0) is 67.6 Å². The van der Waals surface area contributed by atoms with Crippen molar-refractivity contribution in [2.75, 3.05) is 32.5 Å². The first-order valence-corrected chi connectivity index (χ1v) is 13.3. The van der Waals surface area contributed by atoms with Crippen LogP contribution in [0.4, 0.5) is 8.78 Å². The molecule has 6 nitrogen and oxygen atoms in total. The third kappa shape index (κ3) is 7.26. The van der Waals surface area contributed by atoms with Gasteiger partial charge in [-0.25, -0.2) is 8.78 Å². The van der Waals surface area contributed by atoms with Gasteiger partial charge >= 0.3 is 5.97 Å². The van der Waals surface area contributed by atoms with Gasteiger partial charge in [0.2, 0.25) is 0 Å². The lowest BCUT2D eigenvalue weighted by molar-refractivity contribution is -0.139. The fourth-order valence-electron chi connectivity index (χ4n) is 5.05. The van der Waals surface area contributed by atoms with Crippen molar-refractivity contribution < 1.29 is 28.2 Å². The molecule has 196 valence electrons. The van der Waals surface area contributed by atoms with Crippen LogP contribution in [-0.2, 0) is 4.79 Å². The maximum Gasteiger partial charge on any atom is 0.303 e. The Balaban J connectivity index is 1.35. The Morgan fingerprint density at radius 3 is 2.65 bits per heavy atom. The number of carbonyl (C=O) groups excluding carboxylic acids is 1. The zero-order valence-corrected chi connectivity index (χ0v) is 21.5. The number of aliphatic carboxylic acids is 1. The summed E-state index contributed by atoms with van der Waals surface area (Å²) in [5.74, 6) is -0.671. The summed E-state index contributed by atoms with van der Waals surface area (Å²) in [5, 5.41) is 10.2. The van der Waals surface area contributed by atoms with Gasteiger partial charge < -0.3 is 14.7 Å². The van der Waals surface area contributed by atoms with Crippen molar-refractivity contribution in [2.45, 2.75) is 30.6 Å². The van der Waals surface area contributed by atoms with Crippen LogP contribution in [0.2, 0.25) is 0 Å². The quantitative estimate of drug-likeness (QED) is 0.253. The minimum atomic E-state index is -0.847. The number of pyridine rings is 1. The number of benzene rings is 2. The molecule has 2 atom stereocenters. The lowest BCUT2D eigenvalue weighted by atomic mass is 9.79. The predicted molar refractivity (Wildman–Crippen MR) is 139 cm³/mol. The summed E-state index contributed by atoms with van der Waals surface area (Å²) in [6.07, 6.45) is 3.43. The number of ether oxygens (including phenoxy) is 1. The number of carboxylic acid groups (broad SMARTS) is 1. The molecule has 2 unspecified atom stereocenters. The number of hydrogen-bond acceptors (Lipinski definition) is 6. The number of methoxy groups -OCH3 is 1. The summed E-state index contributed by atoms with van der Waals surface area (Å²) < 4.78 is 32.1. The number of Topliss-reactive ketones (excluding diaryl/α,β-unsaturated/α-hetero) is 1. The summed E-state index contributed by atoms with van der Waals surface area (Å²) in [5.41, 5.74) is 1.32. The highest BCUT2D eigenvalue weighted by atomic mass is 32.2. The van der Waals surface area contributed by atoms with Crippen LogP contribution in [0.5, 0.6) is 5.75 Å². The number of likely N-dealkylation sites (tertiary alicyclic amines) is 1. The van der Waals surface area contributed by atoms with Crippen LogP contribution in [-0.4, -0.2) is 59.2 Å². The van der Waals surface area contributed by atoms with Gasteiger partial charge in [-0.3, -0.25) is 14.6 Å². The Bertz CT molecular complexity index is 1250. The van der Waals surface area contributed by atoms with E-state index in [0.717, 1.165) is 29.9 Å². The fourth-order valence-corrected chi connectivity index (χ4v) is 6.02. The van der Waals surface area contributed by atoms with Crippen molar-refractivity contribution in [1.82, 2.24) is 9.88 Å². The third-order valence-electron chi connectivity index (χ3n) is 6.92. The highest BCUT2D eigenvalue weighted by molar-refractivity contribution is 7.99. The van der Waals surface area contributed by atoms with Gasteiger partial charge in [0.25, 0.3) is 0 Å². The molecule has 2 aromatic carbocycles. The van der Waals surface area contributed by atoms with Crippen LogP contribution in [0.25, 0.3) is 10.9 Å². The van der Waals surface area contributed by atoms with E-state index in [0.29, 0.717) is 47.9 Å². The number of carbonyl (C=O) groups is 2. The van der Waals surface area contributed by atoms with Crippen molar-refractivity contribution >= 4 is 34.4 Å². The van der Waals surface area contributed by atoms with Crippen molar-refractivity contribution in [1.29, 1.82) is 0 Å². The highest BCUT2D eigenvalue weighted by Gasteiger charge is 2.31. The number of piperidine rings is 1. The first kappa shape index (κ1) is 27.0. The second-order valence-corrected chi connectivity index (χ2v) is 10.5. The summed E-state index contributed by atoms with van der Waals surface area (Å²) in [4.78, 5) is 31.8. The molecular weight excluding hydrogens is 498 g/mol. The molecule has 9 heteroatoms. The smallest absolute Gasteiger partial charge is 0.303 e.